The van der Waals surface area contributed by atoms with Gasteiger partial charge >= 0.3 is 0 Å². The molecule has 0 aromatic heterocycles. The summed E-state index contributed by atoms with van der Waals surface area (Å²) in [6, 6.07) is 6.44. The molecule has 1 aliphatic rings. The first kappa shape index (κ1) is 28.0. The number of nitrogens with one attached hydrogen (secondary N) is 1. The number of rotatable bonds is 14. The molecule has 5 atom stereocenters. The van der Waals surface area contributed by atoms with E-state index in [1.165, 1.54) is 17.8 Å². The summed E-state index contributed by atoms with van der Waals surface area (Å²) in [6.45, 7) is 0. The van der Waals surface area contributed by atoms with Crippen LogP contribution in [-0.4, -0.2) is 60.0 Å². The van der Waals surface area contributed by atoms with Crippen molar-refractivity contribution >= 4 is 27.7 Å². The Kier molecular flexibility index (Phi) is 11.6. The van der Waals surface area contributed by atoms with E-state index in [9.17, 15) is 32.9 Å². The standard InChI is InChI=1S/C23H36FNO6S2/c1-33(30,31)25-23(29)11-5-3-2-4-8-17-18(21(28)14-20(17)27)13-12-16(26)15-32-22-10-7-6-9-19(22)24/h6-7,9-10,16-18,20-21,26-28H,2-5,8,11-15H2,1H3,(H,25,29)/t16?,17-,18-,20+,21-/m1/s1. The molecule has 1 amide bonds. The largest absolute Gasteiger partial charge is 0.393 e. The van der Waals surface area contributed by atoms with Crippen molar-refractivity contribution < 1.29 is 32.9 Å². The van der Waals surface area contributed by atoms with Crippen LogP contribution in [0.25, 0.3) is 0 Å². The van der Waals surface area contributed by atoms with Crippen molar-refractivity contribution in [3.8, 4) is 0 Å². The molecule has 10 heteroatoms. The van der Waals surface area contributed by atoms with Crippen molar-refractivity contribution in [1.82, 2.24) is 4.72 Å². The quantitative estimate of drug-likeness (QED) is 0.226. The smallest absolute Gasteiger partial charge is 0.233 e. The highest BCUT2D eigenvalue weighted by molar-refractivity contribution is 7.99. The molecule has 2 rings (SSSR count). The zero-order valence-electron chi connectivity index (χ0n) is 19.0. The van der Waals surface area contributed by atoms with Gasteiger partial charge in [0.2, 0.25) is 15.9 Å². The summed E-state index contributed by atoms with van der Waals surface area (Å²) >= 11 is 1.27. The van der Waals surface area contributed by atoms with Crippen LogP contribution < -0.4 is 4.72 Å². The minimum atomic E-state index is -3.52. The van der Waals surface area contributed by atoms with E-state index in [1.54, 1.807) is 18.2 Å². The predicted octanol–water partition coefficient (Wildman–Crippen LogP) is 2.83. The number of amides is 1. The summed E-state index contributed by atoms with van der Waals surface area (Å²) in [5.74, 6) is -0.573. The van der Waals surface area contributed by atoms with E-state index < -0.39 is 34.2 Å². The summed E-state index contributed by atoms with van der Waals surface area (Å²) in [5.41, 5.74) is 0. The number of benzene rings is 1. The molecule has 0 spiro atoms. The number of hydrogen-bond donors (Lipinski definition) is 4. The molecule has 0 radical (unpaired) electrons. The summed E-state index contributed by atoms with van der Waals surface area (Å²) < 4.78 is 37.7. The van der Waals surface area contributed by atoms with Crippen LogP contribution in [0.5, 0.6) is 0 Å². The Bertz CT molecular complexity index is 853. The van der Waals surface area contributed by atoms with Gasteiger partial charge in [0.05, 0.1) is 24.6 Å². The van der Waals surface area contributed by atoms with Crippen molar-refractivity contribution in [2.75, 3.05) is 12.0 Å². The second-order valence-electron chi connectivity index (χ2n) is 8.92. The topological polar surface area (TPSA) is 124 Å². The van der Waals surface area contributed by atoms with Crippen LogP contribution in [0.2, 0.25) is 0 Å². The SMILES string of the molecule is CS(=O)(=O)NC(=O)CCCCCC[C@@H]1[C@@H](CCC(O)CSc2ccccc2F)[C@H](O)C[C@@H]1O. The fourth-order valence-corrected chi connectivity index (χ4v) is 5.91. The van der Waals surface area contributed by atoms with Gasteiger partial charge in [-0.15, -0.1) is 11.8 Å². The molecule has 0 aliphatic heterocycles. The van der Waals surface area contributed by atoms with Crippen LogP contribution in [0.4, 0.5) is 4.39 Å². The molecule has 1 unspecified atom stereocenters. The van der Waals surface area contributed by atoms with E-state index in [0.29, 0.717) is 36.3 Å². The predicted molar refractivity (Wildman–Crippen MR) is 127 cm³/mol. The van der Waals surface area contributed by atoms with Crippen LogP contribution in [0, 0.1) is 17.7 Å². The number of sulfonamides is 1. The van der Waals surface area contributed by atoms with Gasteiger partial charge in [0, 0.05) is 17.1 Å². The number of aliphatic hydroxyl groups excluding tert-OH is 3. The monoisotopic (exact) mass is 505 g/mol. The van der Waals surface area contributed by atoms with E-state index in [1.807, 2.05) is 4.72 Å². The Hall–Kier alpha value is -1.20. The zero-order valence-corrected chi connectivity index (χ0v) is 20.7. The lowest BCUT2D eigenvalue weighted by atomic mass is 9.85. The molecule has 0 heterocycles. The first-order valence-corrected chi connectivity index (χ1v) is 14.4. The molecule has 1 saturated carbocycles. The van der Waals surface area contributed by atoms with Gasteiger partial charge in [0.1, 0.15) is 5.82 Å². The summed E-state index contributed by atoms with van der Waals surface area (Å²) in [4.78, 5) is 12.0. The average Bonchev–Trinajstić information content (AvgIpc) is 2.99. The Morgan fingerprint density at radius 3 is 2.42 bits per heavy atom. The lowest BCUT2D eigenvalue weighted by Gasteiger charge is -2.24. The minimum Gasteiger partial charge on any atom is -0.393 e. The number of carbonyl (C=O) groups excluding carboxylic acids is 1. The second kappa shape index (κ2) is 13.6. The van der Waals surface area contributed by atoms with E-state index in [4.69, 9.17) is 0 Å². The summed E-state index contributed by atoms with van der Waals surface area (Å²) in [6.07, 6.45) is 4.50. The summed E-state index contributed by atoms with van der Waals surface area (Å²) in [7, 11) is -3.52. The molecule has 0 bridgehead atoms. The van der Waals surface area contributed by atoms with Crippen LogP contribution >= 0.6 is 11.8 Å². The molecule has 33 heavy (non-hydrogen) atoms. The molecular weight excluding hydrogens is 469 g/mol. The fraction of sp³-hybridized carbons (Fsp3) is 0.696. The first-order valence-electron chi connectivity index (χ1n) is 11.5. The van der Waals surface area contributed by atoms with Gasteiger partial charge in [-0.05, 0) is 56.1 Å². The number of thioether (sulfide) groups is 1. The Morgan fingerprint density at radius 2 is 1.76 bits per heavy atom. The van der Waals surface area contributed by atoms with Gasteiger partial charge in [-0.1, -0.05) is 31.4 Å². The van der Waals surface area contributed by atoms with Crippen molar-refractivity contribution in [3.05, 3.63) is 30.1 Å². The third kappa shape index (κ3) is 10.3. The highest BCUT2D eigenvalue weighted by Gasteiger charge is 2.40. The number of carbonyl (C=O) groups is 1. The van der Waals surface area contributed by atoms with Gasteiger partial charge in [0.25, 0.3) is 0 Å². The van der Waals surface area contributed by atoms with Crippen LogP contribution in [0.1, 0.15) is 57.8 Å². The first-order chi connectivity index (χ1) is 15.6. The van der Waals surface area contributed by atoms with Gasteiger partial charge < -0.3 is 15.3 Å². The molecule has 0 saturated heterocycles. The molecular formula is C23H36FNO6S2. The number of aliphatic hydroxyl groups is 3. The second-order valence-corrected chi connectivity index (χ2v) is 11.7. The highest BCUT2D eigenvalue weighted by atomic mass is 32.2. The normalized spacial score (nSPS) is 24.0. The number of hydrogen-bond acceptors (Lipinski definition) is 7. The van der Waals surface area contributed by atoms with Gasteiger partial charge in [-0.3, -0.25) is 9.52 Å². The lowest BCUT2D eigenvalue weighted by molar-refractivity contribution is -0.119. The molecule has 4 N–H and O–H groups in total. The molecule has 1 aliphatic carbocycles. The van der Waals surface area contributed by atoms with Crippen LogP contribution in [0.15, 0.2) is 29.2 Å². The van der Waals surface area contributed by atoms with Crippen LogP contribution in [-0.2, 0) is 14.8 Å². The molecule has 1 aromatic rings. The molecule has 1 aromatic carbocycles. The maximum atomic E-state index is 13.7. The lowest BCUT2D eigenvalue weighted by Crippen LogP contribution is -2.28. The Labute approximate surface area is 200 Å². The molecule has 188 valence electrons. The average molecular weight is 506 g/mol. The third-order valence-corrected chi connectivity index (χ3v) is 7.90. The van der Waals surface area contributed by atoms with Crippen molar-refractivity contribution in [3.63, 3.8) is 0 Å². The third-order valence-electron chi connectivity index (χ3n) is 6.11. The molecule has 7 nitrogen and oxygen atoms in total. The molecule has 1 fully saturated rings. The minimum absolute atomic E-state index is 0.0417. The van der Waals surface area contributed by atoms with E-state index in [-0.39, 0.29) is 24.1 Å². The summed E-state index contributed by atoms with van der Waals surface area (Å²) in [5, 5.41) is 31.1. The highest BCUT2D eigenvalue weighted by Crippen LogP contribution is 2.39. The Morgan fingerprint density at radius 1 is 1.12 bits per heavy atom. The number of unbranched alkanes of at least 4 members (excludes halogenated alkanes) is 3. The fourth-order valence-electron chi connectivity index (χ4n) is 4.47. The maximum Gasteiger partial charge on any atom is 0.233 e. The van der Waals surface area contributed by atoms with E-state index in [0.717, 1.165) is 31.9 Å². The van der Waals surface area contributed by atoms with Crippen LogP contribution in [0.3, 0.4) is 0 Å². The van der Waals surface area contributed by atoms with Gasteiger partial charge in [-0.2, -0.15) is 0 Å². The van der Waals surface area contributed by atoms with E-state index in [2.05, 4.69) is 0 Å². The van der Waals surface area contributed by atoms with Gasteiger partial charge in [-0.25, -0.2) is 12.8 Å². The Balaban J connectivity index is 1.68. The van der Waals surface area contributed by atoms with Crippen molar-refractivity contribution in [2.45, 2.75) is 81.0 Å². The van der Waals surface area contributed by atoms with Crippen molar-refractivity contribution in [2.24, 2.45) is 11.8 Å². The van der Waals surface area contributed by atoms with E-state index >= 15 is 0 Å². The zero-order chi connectivity index (χ0) is 24.4. The van der Waals surface area contributed by atoms with Crippen molar-refractivity contribution in [1.29, 1.82) is 0 Å². The van der Waals surface area contributed by atoms with Gasteiger partial charge in [0.15, 0.2) is 0 Å². The maximum absolute atomic E-state index is 13.7. The number of halogens is 1.